The van der Waals surface area contributed by atoms with Gasteiger partial charge in [-0.05, 0) is 55.3 Å². The second-order valence-electron chi connectivity index (χ2n) is 7.61. The first-order valence-corrected chi connectivity index (χ1v) is 11.2. The molecule has 0 bridgehead atoms. The highest BCUT2D eigenvalue weighted by Crippen LogP contribution is 2.21. The summed E-state index contributed by atoms with van der Waals surface area (Å²) in [5.41, 5.74) is 1.53. The van der Waals surface area contributed by atoms with Gasteiger partial charge in [-0.1, -0.05) is 22.4 Å². The highest BCUT2D eigenvalue weighted by atomic mass is 79.9. The van der Waals surface area contributed by atoms with Crippen LogP contribution in [0.4, 0.5) is 0 Å². The van der Waals surface area contributed by atoms with E-state index in [1.54, 1.807) is 22.8 Å². The van der Waals surface area contributed by atoms with Gasteiger partial charge in [-0.2, -0.15) is 0 Å². The van der Waals surface area contributed by atoms with Crippen molar-refractivity contribution in [3.8, 4) is 11.5 Å². The molecule has 0 saturated carbocycles. The van der Waals surface area contributed by atoms with Crippen molar-refractivity contribution < 1.29 is 13.9 Å². The summed E-state index contributed by atoms with van der Waals surface area (Å²) in [4.78, 5) is 30.1. The van der Waals surface area contributed by atoms with E-state index >= 15 is 0 Å². The van der Waals surface area contributed by atoms with E-state index in [-0.39, 0.29) is 18.1 Å². The first kappa shape index (κ1) is 20.6. The molecule has 32 heavy (non-hydrogen) atoms. The number of nitrogens with zero attached hydrogens (tertiary/aromatic N) is 4. The molecule has 1 aliphatic rings. The molecule has 0 saturated heterocycles. The summed E-state index contributed by atoms with van der Waals surface area (Å²) in [6, 6.07) is 12.3. The van der Waals surface area contributed by atoms with Gasteiger partial charge in [-0.15, -0.1) is 10.2 Å². The van der Waals surface area contributed by atoms with Crippen molar-refractivity contribution in [3.05, 3.63) is 74.6 Å². The van der Waals surface area contributed by atoms with Crippen molar-refractivity contribution in [2.24, 2.45) is 0 Å². The van der Waals surface area contributed by atoms with E-state index in [4.69, 9.17) is 9.15 Å². The molecule has 2 aromatic heterocycles. The number of benzene rings is 2. The number of ether oxygens (including phenoxy) is 1. The summed E-state index contributed by atoms with van der Waals surface area (Å²) in [5, 5.41) is 8.44. The fourth-order valence-electron chi connectivity index (χ4n) is 3.78. The van der Waals surface area contributed by atoms with Crippen LogP contribution in [0.2, 0.25) is 0 Å². The molecule has 0 fully saturated rings. The highest BCUT2D eigenvalue weighted by Gasteiger charge is 2.17. The predicted octanol–water partition coefficient (Wildman–Crippen LogP) is 4.29. The molecule has 0 unspecified atom stereocenters. The van der Waals surface area contributed by atoms with Crippen molar-refractivity contribution >= 4 is 32.8 Å². The summed E-state index contributed by atoms with van der Waals surface area (Å²) < 4.78 is 13.6. The average Bonchev–Trinajstić information content (AvgIpc) is 3.15. The first-order valence-electron chi connectivity index (χ1n) is 10.4. The largest absolute Gasteiger partial charge is 0.452 e. The zero-order valence-electron chi connectivity index (χ0n) is 17.1. The van der Waals surface area contributed by atoms with E-state index in [9.17, 15) is 9.59 Å². The summed E-state index contributed by atoms with van der Waals surface area (Å²) in [5.74, 6) is 0.766. The number of hydrogen-bond donors (Lipinski definition) is 0. The molecule has 2 aromatic carbocycles. The van der Waals surface area contributed by atoms with E-state index in [2.05, 4.69) is 31.1 Å². The van der Waals surface area contributed by atoms with Gasteiger partial charge in [-0.25, -0.2) is 9.78 Å². The van der Waals surface area contributed by atoms with Gasteiger partial charge < -0.3 is 9.15 Å². The van der Waals surface area contributed by atoms with Gasteiger partial charge in [0.15, 0.2) is 6.61 Å². The summed E-state index contributed by atoms with van der Waals surface area (Å²) in [7, 11) is 0. The highest BCUT2D eigenvalue weighted by molar-refractivity contribution is 9.10. The van der Waals surface area contributed by atoms with Crippen LogP contribution in [0, 0.1) is 0 Å². The minimum absolute atomic E-state index is 0.0573. The molecule has 162 valence electrons. The molecular weight excluding hydrogens is 476 g/mol. The Kier molecular flexibility index (Phi) is 5.57. The van der Waals surface area contributed by atoms with Gasteiger partial charge in [0.2, 0.25) is 5.89 Å². The molecule has 0 spiro atoms. The van der Waals surface area contributed by atoms with E-state index in [1.165, 1.54) is 0 Å². The molecule has 5 rings (SSSR count). The van der Waals surface area contributed by atoms with Crippen LogP contribution in [0.15, 0.2) is 56.1 Å². The number of fused-ring (bicyclic) bond motifs is 2. The van der Waals surface area contributed by atoms with E-state index in [1.807, 2.05) is 24.3 Å². The number of carbonyl (C=O) groups excluding carboxylic acids is 1. The number of carbonyl (C=O) groups is 1. The maximum absolute atomic E-state index is 12.8. The minimum Gasteiger partial charge on any atom is -0.452 e. The van der Waals surface area contributed by atoms with Crippen molar-refractivity contribution in [3.63, 3.8) is 0 Å². The Morgan fingerprint density at radius 2 is 1.94 bits per heavy atom. The van der Waals surface area contributed by atoms with Crippen LogP contribution < -0.4 is 5.56 Å². The molecule has 0 N–H and O–H groups in total. The fraction of sp³-hybridized carbons (Fsp3) is 0.261. The van der Waals surface area contributed by atoms with Gasteiger partial charge in [0.25, 0.3) is 11.4 Å². The lowest BCUT2D eigenvalue weighted by Crippen LogP contribution is -2.24. The second-order valence-corrected chi connectivity index (χ2v) is 8.53. The number of aromatic nitrogens is 4. The second kappa shape index (κ2) is 8.66. The normalized spacial score (nSPS) is 13.5. The molecule has 0 amide bonds. The molecule has 8 nitrogen and oxygen atoms in total. The Bertz CT molecular complexity index is 1360. The Morgan fingerprint density at radius 3 is 2.78 bits per heavy atom. The van der Waals surface area contributed by atoms with Crippen molar-refractivity contribution in [1.82, 2.24) is 19.7 Å². The van der Waals surface area contributed by atoms with Crippen molar-refractivity contribution in [1.29, 1.82) is 0 Å². The standard InChI is InChI=1S/C23H19BrN4O4/c24-16-8-5-14(6-9-16)21-27-26-20(32-21)13-31-23(30)15-7-10-17-18(12-15)25-19-4-2-1-3-11-28(19)22(17)29/h5-10,12H,1-4,11,13H2. The van der Waals surface area contributed by atoms with Crippen molar-refractivity contribution in [2.45, 2.75) is 38.8 Å². The van der Waals surface area contributed by atoms with Crippen LogP contribution in [0.5, 0.6) is 0 Å². The van der Waals surface area contributed by atoms with Gasteiger partial charge in [-0.3, -0.25) is 9.36 Å². The molecule has 1 aliphatic heterocycles. The van der Waals surface area contributed by atoms with Crippen LogP contribution in [0.25, 0.3) is 22.4 Å². The summed E-state index contributed by atoms with van der Waals surface area (Å²) in [6.45, 7) is 0.536. The molecule has 0 radical (unpaired) electrons. The van der Waals surface area contributed by atoms with Gasteiger partial charge >= 0.3 is 5.97 Å². The third-order valence-corrected chi connectivity index (χ3v) is 5.97. The number of hydrogen-bond acceptors (Lipinski definition) is 7. The quantitative estimate of drug-likeness (QED) is 0.390. The van der Waals surface area contributed by atoms with E-state index < -0.39 is 5.97 Å². The third kappa shape index (κ3) is 4.08. The molecule has 9 heteroatoms. The van der Waals surface area contributed by atoms with Crippen LogP contribution in [0.1, 0.15) is 41.3 Å². The third-order valence-electron chi connectivity index (χ3n) is 5.44. The maximum Gasteiger partial charge on any atom is 0.338 e. The topological polar surface area (TPSA) is 100 Å². The lowest BCUT2D eigenvalue weighted by Gasteiger charge is -2.10. The van der Waals surface area contributed by atoms with Crippen LogP contribution in [-0.4, -0.2) is 25.7 Å². The number of halogens is 1. The molecule has 0 aliphatic carbocycles. The number of esters is 1. The Morgan fingerprint density at radius 1 is 1.09 bits per heavy atom. The maximum atomic E-state index is 12.8. The monoisotopic (exact) mass is 494 g/mol. The fourth-order valence-corrected chi connectivity index (χ4v) is 4.04. The van der Waals surface area contributed by atoms with Crippen LogP contribution in [-0.2, 0) is 24.3 Å². The Balaban J connectivity index is 1.33. The SMILES string of the molecule is O=C(OCc1nnc(-c2ccc(Br)cc2)o1)c1ccc2c(=O)n3c(nc2c1)CCCCC3. The zero-order chi connectivity index (χ0) is 22.1. The lowest BCUT2D eigenvalue weighted by atomic mass is 10.1. The van der Waals surface area contributed by atoms with E-state index in [0.717, 1.165) is 41.5 Å². The molecule has 4 aromatic rings. The predicted molar refractivity (Wildman–Crippen MR) is 120 cm³/mol. The van der Waals surface area contributed by atoms with Gasteiger partial charge in [0.05, 0.1) is 16.5 Å². The van der Waals surface area contributed by atoms with Crippen LogP contribution >= 0.6 is 15.9 Å². The Hall–Kier alpha value is -3.33. The van der Waals surface area contributed by atoms with Gasteiger partial charge in [0.1, 0.15) is 5.82 Å². The number of aryl methyl sites for hydroxylation is 1. The molecular formula is C23H19BrN4O4. The lowest BCUT2D eigenvalue weighted by molar-refractivity contribution is 0.0439. The Labute approximate surface area is 191 Å². The average molecular weight is 495 g/mol. The zero-order valence-corrected chi connectivity index (χ0v) is 18.7. The smallest absolute Gasteiger partial charge is 0.338 e. The summed E-state index contributed by atoms with van der Waals surface area (Å²) >= 11 is 3.38. The van der Waals surface area contributed by atoms with Gasteiger partial charge in [0, 0.05) is 23.0 Å². The number of rotatable bonds is 4. The molecule has 3 heterocycles. The first-order chi connectivity index (χ1) is 15.6. The molecule has 0 atom stereocenters. The van der Waals surface area contributed by atoms with Crippen LogP contribution in [0.3, 0.4) is 0 Å². The van der Waals surface area contributed by atoms with Crippen molar-refractivity contribution in [2.75, 3.05) is 0 Å². The summed E-state index contributed by atoms with van der Waals surface area (Å²) in [6.07, 6.45) is 3.82. The van der Waals surface area contributed by atoms with E-state index in [0.29, 0.717) is 28.9 Å². The minimum atomic E-state index is -0.549.